The monoisotopic (exact) mass is 363 g/mol. The van der Waals surface area contributed by atoms with E-state index in [2.05, 4.69) is 25.6 Å². The van der Waals surface area contributed by atoms with Gasteiger partial charge in [0.15, 0.2) is 0 Å². The molecule has 0 unspecified atom stereocenters. The zero-order valence-electron chi connectivity index (χ0n) is 15.2. The predicted octanol–water partition coefficient (Wildman–Crippen LogP) is 2.29. The molecule has 3 rings (SSSR count). The molecule has 2 heterocycles. The normalized spacial score (nSPS) is 10.4. The highest BCUT2D eigenvalue weighted by atomic mass is 16.1. The summed E-state index contributed by atoms with van der Waals surface area (Å²) < 4.78 is 0. The van der Waals surface area contributed by atoms with Crippen molar-refractivity contribution in [1.29, 1.82) is 0 Å². The number of nitrogens with zero attached hydrogens (tertiary/aromatic N) is 2. The van der Waals surface area contributed by atoms with Crippen molar-refractivity contribution in [2.75, 3.05) is 18.4 Å². The Kier molecular flexibility index (Phi) is 5.61. The molecular weight excluding hydrogens is 342 g/mol. The third-order valence-corrected chi connectivity index (χ3v) is 4.18. The van der Waals surface area contributed by atoms with Gasteiger partial charge in [0, 0.05) is 41.7 Å². The van der Waals surface area contributed by atoms with Gasteiger partial charge in [-0.1, -0.05) is 18.2 Å². The number of carbonyl (C=O) groups excluding carboxylic acids is 1. The second kappa shape index (κ2) is 8.27. The van der Waals surface area contributed by atoms with E-state index in [0.717, 1.165) is 5.56 Å². The molecule has 1 amide bonds. The Balaban J connectivity index is 1.54. The van der Waals surface area contributed by atoms with Gasteiger partial charge in [0.05, 0.1) is 0 Å². The van der Waals surface area contributed by atoms with Crippen molar-refractivity contribution in [3.8, 4) is 11.4 Å². The van der Waals surface area contributed by atoms with Crippen molar-refractivity contribution in [3.63, 3.8) is 0 Å². The summed E-state index contributed by atoms with van der Waals surface area (Å²) in [7, 11) is 0. The Hall–Kier alpha value is -3.48. The maximum Gasteiger partial charge on any atom is 0.254 e. The number of H-pyrrole nitrogens is 1. The topological polar surface area (TPSA) is 99.8 Å². The standard InChI is InChI=1S/C20H21N5O2/c1-13-14(2)24-18(25-19(13)26)16-8-9-17(23-12-16)21-10-11-22-20(27)15-6-4-3-5-7-15/h3-9,12H,10-11H2,1-2H3,(H,21,23)(H,22,27)(H,24,25,26). The van der Waals surface area contributed by atoms with E-state index in [9.17, 15) is 9.59 Å². The fraction of sp³-hybridized carbons (Fsp3) is 0.200. The highest BCUT2D eigenvalue weighted by Crippen LogP contribution is 2.15. The summed E-state index contributed by atoms with van der Waals surface area (Å²) in [4.78, 5) is 35.3. The van der Waals surface area contributed by atoms with E-state index in [1.165, 1.54) is 0 Å². The summed E-state index contributed by atoms with van der Waals surface area (Å²) in [5.41, 5.74) is 2.54. The molecule has 0 aliphatic rings. The summed E-state index contributed by atoms with van der Waals surface area (Å²) in [6.07, 6.45) is 1.65. The summed E-state index contributed by atoms with van der Waals surface area (Å²) in [5.74, 6) is 1.07. The molecule has 1 aromatic carbocycles. The highest BCUT2D eigenvalue weighted by Gasteiger charge is 2.07. The number of nitrogens with one attached hydrogen (secondary N) is 3. The van der Waals surface area contributed by atoms with E-state index in [1.54, 1.807) is 32.2 Å². The van der Waals surface area contributed by atoms with E-state index in [4.69, 9.17) is 0 Å². The van der Waals surface area contributed by atoms with Crippen molar-refractivity contribution in [1.82, 2.24) is 20.3 Å². The van der Waals surface area contributed by atoms with E-state index in [-0.39, 0.29) is 11.5 Å². The zero-order chi connectivity index (χ0) is 19.2. The lowest BCUT2D eigenvalue weighted by Gasteiger charge is -2.08. The molecule has 3 aromatic rings. The second-order valence-electron chi connectivity index (χ2n) is 6.11. The number of benzene rings is 1. The minimum absolute atomic E-state index is 0.106. The van der Waals surface area contributed by atoms with Crippen LogP contribution in [-0.2, 0) is 0 Å². The molecule has 138 valence electrons. The van der Waals surface area contributed by atoms with E-state index < -0.39 is 0 Å². The fourth-order valence-corrected chi connectivity index (χ4v) is 2.48. The SMILES string of the molecule is Cc1nc(-c2ccc(NCCNC(=O)c3ccccc3)nc2)[nH]c(=O)c1C. The van der Waals surface area contributed by atoms with Gasteiger partial charge in [-0.2, -0.15) is 0 Å². The fourth-order valence-electron chi connectivity index (χ4n) is 2.48. The summed E-state index contributed by atoms with van der Waals surface area (Å²) in [6, 6.07) is 12.7. The lowest BCUT2D eigenvalue weighted by atomic mass is 10.2. The molecule has 0 fully saturated rings. The Labute approximate surface area is 156 Å². The van der Waals surface area contributed by atoms with Crippen molar-refractivity contribution < 1.29 is 4.79 Å². The number of aromatic amines is 1. The first-order valence-electron chi connectivity index (χ1n) is 8.65. The van der Waals surface area contributed by atoms with Gasteiger partial charge in [-0.15, -0.1) is 0 Å². The average Bonchev–Trinajstić information content (AvgIpc) is 2.70. The molecular formula is C20H21N5O2. The van der Waals surface area contributed by atoms with Crippen LogP contribution in [0.15, 0.2) is 53.5 Å². The molecule has 0 spiro atoms. The molecule has 0 radical (unpaired) electrons. The first-order valence-corrected chi connectivity index (χ1v) is 8.65. The summed E-state index contributed by atoms with van der Waals surface area (Å²) >= 11 is 0. The molecule has 2 aromatic heterocycles. The van der Waals surface area contributed by atoms with Crippen LogP contribution in [0.2, 0.25) is 0 Å². The van der Waals surface area contributed by atoms with Crippen LogP contribution in [0.3, 0.4) is 0 Å². The molecule has 0 saturated carbocycles. The smallest absolute Gasteiger partial charge is 0.254 e. The Morgan fingerprint density at radius 2 is 1.85 bits per heavy atom. The van der Waals surface area contributed by atoms with Crippen LogP contribution in [-0.4, -0.2) is 33.9 Å². The van der Waals surface area contributed by atoms with E-state index in [1.807, 2.05) is 30.3 Å². The number of amides is 1. The first-order chi connectivity index (χ1) is 13.0. The van der Waals surface area contributed by atoms with Crippen molar-refractivity contribution >= 4 is 11.7 Å². The van der Waals surface area contributed by atoms with Crippen LogP contribution < -0.4 is 16.2 Å². The van der Waals surface area contributed by atoms with Crippen LogP contribution in [0.5, 0.6) is 0 Å². The van der Waals surface area contributed by atoms with Crippen LogP contribution in [0.4, 0.5) is 5.82 Å². The van der Waals surface area contributed by atoms with E-state index >= 15 is 0 Å². The minimum Gasteiger partial charge on any atom is -0.368 e. The van der Waals surface area contributed by atoms with Gasteiger partial charge in [-0.05, 0) is 38.1 Å². The maximum absolute atomic E-state index is 11.9. The largest absolute Gasteiger partial charge is 0.368 e. The van der Waals surface area contributed by atoms with Gasteiger partial charge in [-0.25, -0.2) is 9.97 Å². The number of rotatable bonds is 6. The zero-order valence-corrected chi connectivity index (χ0v) is 15.2. The number of carbonyl (C=O) groups is 1. The van der Waals surface area contributed by atoms with Crippen LogP contribution in [0.1, 0.15) is 21.6 Å². The summed E-state index contributed by atoms with van der Waals surface area (Å²) in [5, 5.41) is 5.99. The number of pyridine rings is 1. The molecule has 7 nitrogen and oxygen atoms in total. The molecule has 3 N–H and O–H groups in total. The van der Waals surface area contributed by atoms with Gasteiger partial charge >= 0.3 is 0 Å². The number of aromatic nitrogens is 3. The molecule has 0 saturated heterocycles. The quantitative estimate of drug-likeness (QED) is 0.584. The molecule has 0 aliphatic heterocycles. The Morgan fingerprint density at radius 3 is 2.52 bits per heavy atom. The Bertz CT molecular complexity index is 982. The minimum atomic E-state index is -0.145. The lowest BCUT2D eigenvalue weighted by molar-refractivity contribution is 0.0955. The number of anilines is 1. The number of hydrogen-bond acceptors (Lipinski definition) is 5. The third kappa shape index (κ3) is 4.58. The molecule has 0 bridgehead atoms. The van der Waals surface area contributed by atoms with Gasteiger partial charge in [0.25, 0.3) is 11.5 Å². The van der Waals surface area contributed by atoms with Crippen molar-refractivity contribution in [2.45, 2.75) is 13.8 Å². The molecule has 0 atom stereocenters. The van der Waals surface area contributed by atoms with Gasteiger partial charge in [0.2, 0.25) is 0 Å². The average molecular weight is 363 g/mol. The summed E-state index contributed by atoms with van der Waals surface area (Å²) in [6.45, 7) is 4.57. The number of hydrogen-bond donors (Lipinski definition) is 3. The number of aryl methyl sites for hydroxylation is 1. The second-order valence-corrected chi connectivity index (χ2v) is 6.11. The third-order valence-electron chi connectivity index (χ3n) is 4.18. The van der Waals surface area contributed by atoms with Crippen LogP contribution >= 0.6 is 0 Å². The molecule has 7 heteroatoms. The maximum atomic E-state index is 11.9. The lowest BCUT2D eigenvalue weighted by Crippen LogP contribution is -2.28. The Morgan fingerprint density at radius 1 is 1.07 bits per heavy atom. The van der Waals surface area contributed by atoms with E-state index in [0.29, 0.717) is 41.6 Å². The van der Waals surface area contributed by atoms with Crippen molar-refractivity contribution in [3.05, 3.63) is 75.8 Å². The van der Waals surface area contributed by atoms with Gasteiger partial charge < -0.3 is 15.6 Å². The molecule has 0 aliphatic carbocycles. The predicted molar refractivity (Wildman–Crippen MR) is 105 cm³/mol. The molecule has 27 heavy (non-hydrogen) atoms. The van der Waals surface area contributed by atoms with Crippen LogP contribution in [0, 0.1) is 13.8 Å². The first kappa shape index (κ1) is 18.3. The van der Waals surface area contributed by atoms with Gasteiger partial charge in [-0.3, -0.25) is 9.59 Å². The van der Waals surface area contributed by atoms with Gasteiger partial charge in [0.1, 0.15) is 11.6 Å². The van der Waals surface area contributed by atoms with Crippen molar-refractivity contribution in [2.24, 2.45) is 0 Å². The van der Waals surface area contributed by atoms with Crippen LogP contribution in [0.25, 0.3) is 11.4 Å². The highest BCUT2D eigenvalue weighted by molar-refractivity contribution is 5.94.